The number of anilines is 1. The summed E-state index contributed by atoms with van der Waals surface area (Å²) < 4.78 is 13.4. The summed E-state index contributed by atoms with van der Waals surface area (Å²) in [5, 5.41) is 6.63. The smallest absolute Gasteiger partial charge is 0.238 e. The SMILES string of the molecule is C[C@H](NCC(=O)Nc1ccccc1F)c1ccc(Cl)cc1Cl. The van der Waals surface area contributed by atoms with Gasteiger partial charge in [0, 0.05) is 16.1 Å². The average molecular weight is 341 g/mol. The van der Waals surface area contributed by atoms with E-state index in [-0.39, 0.29) is 24.2 Å². The molecule has 0 aromatic heterocycles. The number of rotatable bonds is 5. The van der Waals surface area contributed by atoms with E-state index in [1.807, 2.05) is 6.92 Å². The van der Waals surface area contributed by atoms with E-state index in [1.165, 1.54) is 12.1 Å². The van der Waals surface area contributed by atoms with Gasteiger partial charge in [0.25, 0.3) is 0 Å². The number of hydrogen-bond acceptors (Lipinski definition) is 2. The maximum atomic E-state index is 13.4. The Kier molecular flexibility index (Phi) is 5.77. The molecule has 0 unspecified atom stereocenters. The Morgan fingerprint density at radius 1 is 1.23 bits per heavy atom. The van der Waals surface area contributed by atoms with Crippen molar-refractivity contribution in [2.75, 3.05) is 11.9 Å². The number of amides is 1. The highest BCUT2D eigenvalue weighted by Crippen LogP contribution is 2.25. The van der Waals surface area contributed by atoms with Crippen molar-refractivity contribution < 1.29 is 9.18 Å². The molecule has 1 amide bonds. The van der Waals surface area contributed by atoms with Crippen LogP contribution in [0.3, 0.4) is 0 Å². The lowest BCUT2D eigenvalue weighted by atomic mass is 10.1. The number of benzene rings is 2. The summed E-state index contributed by atoms with van der Waals surface area (Å²) in [6, 6.07) is 11.1. The van der Waals surface area contributed by atoms with Crippen LogP contribution in [0, 0.1) is 5.82 Å². The van der Waals surface area contributed by atoms with Gasteiger partial charge < -0.3 is 10.6 Å². The lowest BCUT2D eigenvalue weighted by molar-refractivity contribution is -0.115. The Labute approximate surface area is 138 Å². The van der Waals surface area contributed by atoms with Crippen molar-refractivity contribution in [3.05, 3.63) is 63.9 Å². The number of halogens is 3. The van der Waals surface area contributed by atoms with Crippen LogP contribution in [0.2, 0.25) is 10.0 Å². The molecular formula is C16H15Cl2FN2O. The van der Waals surface area contributed by atoms with E-state index in [0.717, 1.165) is 5.56 Å². The molecule has 2 N–H and O–H groups in total. The number of para-hydroxylation sites is 1. The van der Waals surface area contributed by atoms with Crippen molar-refractivity contribution in [3.63, 3.8) is 0 Å². The molecule has 2 aromatic carbocycles. The Balaban J connectivity index is 1.92. The highest BCUT2D eigenvalue weighted by Gasteiger charge is 2.12. The number of hydrogen-bond donors (Lipinski definition) is 2. The second-order valence-electron chi connectivity index (χ2n) is 4.80. The van der Waals surface area contributed by atoms with Crippen LogP contribution in [-0.2, 0) is 4.79 Å². The first-order valence-corrected chi connectivity index (χ1v) is 7.45. The fourth-order valence-electron chi connectivity index (χ4n) is 1.97. The van der Waals surface area contributed by atoms with Crippen molar-refractivity contribution in [1.29, 1.82) is 0 Å². The molecule has 0 aliphatic heterocycles. The van der Waals surface area contributed by atoms with Gasteiger partial charge in [-0.2, -0.15) is 0 Å². The molecule has 1 atom stereocenters. The molecule has 0 aliphatic rings. The summed E-state index contributed by atoms with van der Waals surface area (Å²) in [6.07, 6.45) is 0. The second-order valence-corrected chi connectivity index (χ2v) is 5.64. The van der Waals surface area contributed by atoms with Gasteiger partial charge in [-0.3, -0.25) is 4.79 Å². The standard InChI is InChI=1S/C16H15Cl2FN2O/c1-10(12-7-6-11(17)8-13(12)18)20-9-16(22)21-15-5-3-2-4-14(15)19/h2-8,10,20H,9H2,1H3,(H,21,22)/t10-/m0/s1. The summed E-state index contributed by atoms with van der Waals surface area (Å²) in [5.41, 5.74) is 0.997. The molecule has 2 rings (SSSR count). The van der Waals surface area contributed by atoms with E-state index in [2.05, 4.69) is 10.6 Å². The maximum Gasteiger partial charge on any atom is 0.238 e. The molecule has 0 saturated carbocycles. The summed E-state index contributed by atoms with van der Waals surface area (Å²) >= 11 is 12.0. The first-order chi connectivity index (χ1) is 10.5. The van der Waals surface area contributed by atoms with Crippen LogP contribution in [-0.4, -0.2) is 12.5 Å². The first kappa shape index (κ1) is 16.7. The van der Waals surface area contributed by atoms with E-state index >= 15 is 0 Å². The molecule has 0 heterocycles. The van der Waals surface area contributed by atoms with Gasteiger partial charge in [-0.15, -0.1) is 0 Å². The zero-order chi connectivity index (χ0) is 16.1. The predicted molar refractivity (Wildman–Crippen MR) is 87.9 cm³/mol. The van der Waals surface area contributed by atoms with Gasteiger partial charge in [0.2, 0.25) is 5.91 Å². The van der Waals surface area contributed by atoms with E-state index in [0.29, 0.717) is 10.0 Å². The molecule has 22 heavy (non-hydrogen) atoms. The van der Waals surface area contributed by atoms with Crippen LogP contribution in [0.1, 0.15) is 18.5 Å². The first-order valence-electron chi connectivity index (χ1n) is 6.70. The molecule has 0 spiro atoms. The molecule has 0 fully saturated rings. The van der Waals surface area contributed by atoms with Gasteiger partial charge >= 0.3 is 0 Å². The van der Waals surface area contributed by atoms with Crippen LogP contribution >= 0.6 is 23.2 Å². The lowest BCUT2D eigenvalue weighted by Gasteiger charge is -2.16. The number of carbonyl (C=O) groups is 1. The van der Waals surface area contributed by atoms with E-state index in [4.69, 9.17) is 23.2 Å². The summed E-state index contributed by atoms with van der Waals surface area (Å²) in [4.78, 5) is 11.8. The summed E-state index contributed by atoms with van der Waals surface area (Å²) in [5.74, 6) is -0.799. The van der Waals surface area contributed by atoms with Gasteiger partial charge in [-0.1, -0.05) is 41.4 Å². The van der Waals surface area contributed by atoms with Gasteiger partial charge in [0.15, 0.2) is 0 Å². The Bertz CT molecular complexity index is 679. The molecule has 2 aromatic rings. The predicted octanol–water partition coefficient (Wildman–Crippen LogP) is 4.42. The van der Waals surface area contributed by atoms with E-state index < -0.39 is 5.82 Å². The maximum absolute atomic E-state index is 13.4. The highest BCUT2D eigenvalue weighted by molar-refractivity contribution is 6.35. The molecule has 0 radical (unpaired) electrons. The van der Waals surface area contributed by atoms with Gasteiger partial charge in [-0.25, -0.2) is 4.39 Å². The van der Waals surface area contributed by atoms with Crippen molar-refractivity contribution in [1.82, 2.24) is 5.32 Å². The number of nitrogens with one attached hydrogen (secondary N) is 2. The lowest BCUT2D eigenvalue weighted by Crippen LogP contribution is -2.30. The van der Waals surface area contributed by atoms with Crippen molar-refractivity contribution in [3.8, 4) is 0 Å². The van der Waals surface area contributed by atoms with Crippen LogP contribution in [0.15, 0.2) is 42.5 Å². The molecule has 116 valence electrons. The van der Waals surface area contributed by atoms with Crippen molar-refractivity contribution in [2.45, 2.75) is 13.0 Å². The van der Waals surface area contributed by atoms with Crippen LogP contribution < -0.4 is 10.6 Å². The van der Waals surface area contributed by atoms with Crippen LogP contribution in [0.25, 0.3) is 0 Å². The Hall–Kier alpha value is -1.62. The van der Waals surface area contributed by atoms with E-state index in [1.54, 1.807) is 30.3 Å². The normalized spacial score (nSPS) is 12.0. The van der Waals surface area contributed by atoms with Crippen molar-refractivity contribution in [2.24, 2.45) is 0 Å². The third-order valence-electron chi connectivity index (χ3n) is 3.15. The summed E-state index contributed by atoms with van der Waals surface area (Å²) in [7, 11) is 0. The van der Waals surface area contributed by atoms with Crippen LogP contribution in [0.4, 0.5) is 10.1 Å². The summed E-state index contributed by atoms with van der Waals surface area (Å²) in [6.45, 7) is 1.92. The minimum atomic E-state index is -0.468. The van der Waals surface area contributed by atoms with Gasteiger partial charge in [0.05, 0.1) is 12.2 Å². The molecule has 0 aliphatic carbocycles. The second kappa shape index (κ2) is 7.58. The minimum absolute atomic E-state index is 0.0362. The topological polar surface area (TPSA) is 41.1 Å². The average Bonchev–Trinajstić information content (AvgIpc) is 2.47. The Morgan fingerprint density at radius 2 is 1.95 bits per heavy atom. The fourth-order valence-corrected chi connectivity index (χ4v) is 2.54. The zero-order valence-electron chi connectivity index (χ0n) is 11.9. The van der Waals surface area contributed by atoms with E-state index in [9.17, 15) is 9.18 Å². The fraction of sp³-hybridized carbons (Fsp3) is 0.188. The Morgan fingerprint density at radius 3 is 2.64 bits per heavy atom. The third-order valence-corrected chi connectivity index (χ3v) is 3.71. The van der Waals surface area contributed by atoms with Gasteiger partial charge in [0.1, 0.15) is 5.82 Å². The minimum Gasteiger partial charge on any atom is -0.322 e. The molecular weight excluding hydrogens is 326 g/mol. The molecule has 6 heteroatoms. The highest BCUT2D eigenvalue weighted by atomic mass is 35.5. The number of carbonyl (C=O) groups excluding carboxylic acids is 1. The van der Waals surface area contributed by atoms with Crippen molar-refractivity contribution >= 4 is 34.8 Å². The zero-order valence-corrected chi connectivity index (χ0v) is 13.4. The molecule has 0 saturated heterocycles. The quantitative estimate of drug-likeness (QED) is 0.845. The third kappa shape index (κ3) is 4.44. The van der Waals surface area contributed by atoms with Gasteiger partial charge in [-0.05, 0) is 36.8 Å². The molecule has 3 nitrogen and oxygen atoms in total. The molecule has 0 bridgehead atoms. The monoisotopic (exact) mass is 340 g/mol. The largest absolute Gasteiger partial charge is 0.322 e. The van der Waals surface area contributed by atoms with Crippen LogP contribution in [0.5, 0.6) is 0 Å².